The van der Waals surface area contributed by atoms with Gasteiger partial charge in [-0.05, 0) is 60.4 Å². The number of benzene rings is 2. The molecule has 4 rings (SSSR count). The molecule has 2 atom stereocenters. The lowest BCUT2D eigenvalue weighted by Gasteiger charge is -2.35. The molecule has 3 aromatic rings. The maximum atomic E-state index is 13.0. The van der Waals surface area contributed by atoms with Crippen LogP contribution in [0, 0.1) is 18.8 Å². The van der Waals surface area contributed by atoms with E-state index in [0.717, 1.165) is 35.2 Å². The Balaban J connectivity index is 1.55. The standard InChI is InChI=1S/C24H26N2O2S/c1-15-10-16(2)14-26(13-15)24(28)19-9-8-17(3)20(11-19)25-23(27)22-12-18-6-4-5-7-21(18)29-22/h4-9,11-12,15-16H,10,13-14H2,1-3H3,(H,25,27). The van der Waals surface area contributed by atoms with E-state index in [1.165, 1.54) is 11.3 Å². The number of fused-ring (bicyclic) bond motifs is 1. The van der Waals surface area contributed by atoms with Gasteiger partial charge in [-0.15, -0.1) is 11.3 Å². The number of hydrogen-bond donors (Lipinski definition) is 1. The highest BCUT2D eigenvalue weighted by Gasteiger charge is 2.26. The SMILES string of the molecule is Cc1ccc(C(=O)N2CC(C)CC(C)C2)cc1NC(=O)c1cc2ccccc2s1. The Hall–Kier alpha value is -2.66. The molecule has 29 heavy (non-hydrogen) atoms. The van der Waals surface area contributed by atoms with Crippen molar-refractivity contribution in [2.24, 2.45) is 11.8 Å². The third-order valence-corrected chi connectivity index (χ3v) is 6.65. The van der Waals surface area contributed by atoms with Crippen LogP contribution in [0.1, 0.15) is 45.9 Å². The molecule has 150 valence electrons. The number of nitrogens with zero attached hydrogens (tertiary/aromatic N) is 1. The van der Waals surface area contributed by atoms with E-state index in [0.29, 0.717) is 28.0 Å². The highest BCUT2D eigenvalue weighted by Crippen LogP contribution is 2.28. The molecule has 1 aliphatic heterocycles. The van der Waals surface area contributed by atoms with Gasteiger partial charge in [-0.1, -0.05) is 38.1 Å². The molecule has 0 aliphatic carbocycles. The average Bonchev–Trinajstić information content (AvgIpc) is 3.13. The van der Waals surface area contributed by atoms with Crippen molar-refractivity contribution in [1.29, 1.82) is 0 Å². The molecule has 0 spiro atoms. The van der Waals surface area contributed by atoms with Gasteiger partial charge >= 0.3 is 0 Å². The summed E-state index contributed by atoms with van der Waals surface area (Å²) in [7, 11) is 0. The van der Waals surface area contributed by atoms with Gasteiger partial charge in [-0.25, -0.2) is 0 Å². The van der Waals surface area contributed by atoms with E-state index in [9.17, 15) is 9.59 Å². The zero-order chi connectivity index (χ0) is 20.5. The molecule has 1 saturated heterocycles. The summed E-state index contributed by atoms with van der Waals surface area (Å²) in [4.78, 5) is 28.5. The van der Waals surface area contributed by atoms with Crippen molar-refractivity contribution < 1.29 is 9.59 Å². The van der Waals surface area contributed by atoms with Crippen LogP contribution in [0.25, 0.3) is 10.1 Å². The van der Waals surface area contributed by atoms with Crippen LogP contribution in [-0.2, 0) is 0 Å². The third kappa shape index (κ3) is 4.20. The predicted molar refractivity (Wildman–Crippen MR) is 120 cm³/mol. The number of rotatable bonds is 3. The second kappa shape index (κ2) is 7.99. The van der Waals surface area contributed by atoms with Crippen LogP contribution < -0.4 is 5.32 Å². The first-order valence-corrected chi connectivity index (χ1v) is 10.9. The quantitative estimate of drug-likeness (QED) is 0.617. The zero-order valence-corrected chi connectivity index (χ0v) is 17.9. The summed E-state index contributed by atoms with van der Waals surface area (Å²) in [5.41, 5.74) is 2.26. The molecule has 0 bridgehead atoms. The fourth-order valence-corrected chi connectivity index (χ4v) is 5.14. The topological polar surface area (TPSA) is 49.4 Å². The van der Waals surface area contributed by atoms with Crippen molar-refractivity contribution in [3.63, 3.8) is 0 Å². The van der Waals surface area contributed by atoms with Gasteiger partial charge in [0.1, 0.15) is 0 Å². The van der Waals surface area contributed by atoms with Crippen LogP contribution in [-0.4, -0.2) is 29.8 Å². The Morgan fingerprint density at radius 3 is 2.48 bits per heavy atom. The lowest BCUT2D eigenvalue weighted by Crippen LogP contribution is -2.42. The van der Waals surface area contributed by atoms with Gasteiger partial charge in [0.25, 0.3) is 11.8 Å². The number of piperidine rings is 1. The van der Waals surface area contributed by atoms with Crippen LogP contribution in [0.2, 0.25) is 0 Å². The number of nitrogens with one attached hydrogen (secondary N) is 1. The molecule has 0 radical (unpaired) electrons. The van der Waals surface area contributed by atoms with Crippen LogP contribution >= 0.6 is 11.3 Å². The lowest BCUT2D eigenvalue weighted by molar-refractivity contribution is 0.0623. The monoisotopic (exact) mass is 406 g/mol. The highest BCUT2D eigenvalue weighted by molar-refractivity contribution is 7.20. The van der Waals surface area contributed by atoms with Crippen LogP contribution in [0.5, 0.6) is 0 Å². The first-order chi connectivity index (χ1) is 13.9. The van der Waals surface area contributed by atoms with Crippen LogP contribution in [0.15, 0.2) is 48.5 Å². The Kier molecular flexibility index (Phi) is 5.41. The van der Waals surface area contributed by atoms with E-state index in [2.05, 4.69) is 19.2 Å². The number of likely N-dealkylation sites (tertiary alicyclic amines) is 1. The molecule has 1 aliphatic rings. The number of amides is 2. The molecule has 2 unspecified atom stereocenters. The second-order valence-corrected chi connectivity index (χ2v) is 9.37. The summed E-state index contributed by atoms with van der Waals surface area (Å²) in [5.74, 6) is 0.931. The summed E-state index contributed by atoms with van der Waals surface area (Å²) in [6, 6.07) is 15.5. The van der Waals surface area contributed by atoms with Crippen molar-refractivity contribution in [1.82, 2.24) is 4.90 Å². The van der Waals surface area contributed by atoms with Gasteiger partial charge in [0, 0.05) is 29.0 Å². The smallest absolute Gasteiger partial charge is 0.265 e. The fraction of sp³-hybridized carbons (Fsp3) is 0.333. The Morgan fingerprint density at radius 2 is 1.76 bits per heavy atom. The lowest BCUT2D eigenvalue weighted by atomic mass is 9.91. The maximum Gasteiger partial charge on any atom is 0.265 e. The number of carbonyl (C=O) groups is 2. The summed E-state index contributed by atoms with van der Waals surface area (Å²) in [6.07, 6.45) is 1.16. The van der Waals surface area contributed by atoms with Crippen LogP contribution in [0.4, 0.5) is 5.69 Å². The average molecular weight is 407 g/mol. The molecule has 1 aromatic heterocycles. The largest absolute Gasteiger partial charge is 0.338 e. The van der Waals surface area contributed by atoms with Gasteiger partial charge in [0.05, 0.1) is 4.88 Å². The van der Waals surface area contributed by atoms with Crippen molar-refractivity contribution in [2.75, 3.05) is 18.4 Å². The molecular weight excluding hydrogens is 380 g/mol. The van der Waals surface area contributed by atoms with Gasteiger partial charge in [-0.2, -0.15) is 0 Å². The number of carbonyl (C=O) groups excluding carboxylic acids is 2. The minimum Gasteiger partial charge on any atom is -0.338 e. The number of aryl methyl sites for hydroxylation is 1. The molecule has 5 heteroatoms. The number of hydrogen-bond acceptors (Lipinski definition) is 3. The van der Waals surface area contributed by atoms with E-state index in [1.54, 1.807) is 0 Å². The van der Waals surface area contributed by atoms with Crippen LogP contribution in [0.3, 0.4) is 0 Å². The van der Waals surface area contributed by atoms with E-state index < -0.39 is 0 Å². The first-order valence-electron chi connectivity index (χ1n) is 10.1. The van der Waals surface area contributed by atoms with Gasteiger partial charge < -0.3 is 10.2 Å². The normalized spacial score (nSPS) is 19.3. The van der Waals surface area contributed by atoms with Gasteiger partial charge in [-0.3, -0.25) is 9.59 Å². The van der Waals surface area contributed by atoms with Crippen molar-refractivity contribution >= 4 is 38.9 Å². The molecule has 1 fully saturated rings. The van der Waals surface area contributed by atoms with E-state index in [-0.39, 0.29) is 11.8 Å². The Bertz CT molecular complexity index is 1030. The summed E-state index contributed by atoms with van der Waals surface area (Å²) in [6.45, 7) is 7.92. The first kappa shape index (κ1) is 19.6. The van der Waals surface area contributed by atoms with E-state index in [1.807, 2.05) is 60.4 Å². The van der Waals surface area contributed by atoms with E-state index in [4.69, 9.17) is 0 Å². The van der Waals surface area contributed by atoms with Gasteiger partial charge in [0.15, 0.2) is 0 Å². The zero-order valence-electron chi connectivity index (χ0n) is 17.1. The summed E-state index contributed by atoms with van der Waals surface area (Å²) < 4.78 is 1.09. The number of thiophene rings is 1. The molecule has 2 amide bonds. The third-order valence-electron chi connectivity index (χ3n) is 5.54. The second-order valence-electron chi connectivity index (χ2n) is 8.29. The van der Waals surface area contributed by atoms with Gasteiger partial charge in [0.2, 0.25) is 0 Å². The molecule has 1 N–H and O–H groups in total. The Morgan fingerprint density at radius 1 is 1.03 bits per heavy atom. The molecule has 0 saturated carbocycles. The summed E-state index contributed by atoms with van der Waals surface area (Å²) >= 11 is 1.48. The Labute approximate surface area is 175 Å². The number of anilines is 1. The summed E-state index contributed by atoms with van der Waals surface area (Å²) in [5, 5.41) is 4.07. The van der Waals surface area contributed by atoms with Crippen molar-refractivity contribution in [3.05, 3.63) is 64.5 Å². The van der Waals surface area contributed by atoms with Crippen molar-refractivity contribution in [3.8, 4) is 0 Å². The minimum absolute atomic E-state index is 0.0424. The minimum atomic E-state index is -0.140. The molecule has 4 nitrogen and oxygen atoms in total. The molecular formula is C24H26N2O2S. The van der Waals surface area contributed by atoms with E-state index >= 15 is 0 Å². The predicted octanol–water partition coefficient (Wildman–Crippen LogP) is 5.58. The highest BCUT2D eigenvalue weighted by atomic mass is 32.1. The maximum absolute atomic E-state index is 13.0. The fourth-order valence-electron chi connectivity index (χ4n) is 4.18. The van der Waals surface area contributed by atoms with Crippen molar-refractivity contribution in [2.45, 2.75) is 27.2 Å². The molecule has 2 heterocycles. The molecule has 2 aromatic carbocycles.